The zero-order chi connectivity index (χ0) is 15.8. The van der Waals surface area contributed by atoms with Crippen LogP contribution >= 0.6 is 0 Å². The van der Waals surface area contributed by atoms with Crippen LogP contribution in [-0.4, -0.2) is 43.2 Å². The molecule has 0 aromatic carbocycles. The number of carbonyl (C=O) groups is 1. The van der Waals surface area contributed by atoms with Crippen molar-refractivity contribution in [2.45, 2.75) is 71.9 Å². The van der Waals surface area contributed by atoms with Crippen LogP contribution in [0, 0.1) is 11.8 Å². The van der Waals surface area contributed by atoms with Gasteiger partial charge in [0.15, 0.2) is 0 Å². The second-order valence-corrected chi connectivity index (χ2v) is 6.55. The Morgan fingerprint density at radius 2 is 1.95 bits per heavy atom. The zero-order valence-corrected chi connectivity index (χ0v) is 14.6. The second-order valence-electron chi connectivity index (χ2n) is 6.55. The van der Waals surface area contributed by atoms with Crippen LogP contribution in [0.5, 0.6) is 0 Å². The third-order valence-corrected chi connectivity index (χ3v) is 4.93. The number of nitrogens with zero attached hydrogens (tertiary/aromatic N) is 1. The van der Waals surface area contributed by atoms with Gasteiger partial charge in [0.25, 0.3) is 0 Å². The molecule has 4 heteroatoms. The summed E-state index contributed by atoms with van der Waals surface area (Å²) in [6, 6.07) is 0.901. The third kappa shape index (κ3) is 5.17. The van der Waals surface area contributed by atoms with Crippen molar-refractivity contribution >= 4 is 6.03 Å². The van der Waals surface area contributed by atoms with Crippen molar-refractivity contribution in [1.82, 2.24) is 15.5 Å². The van der Waals surface area contributed by atoms with E-state index in [-0.39, 0.29) is 12.1 Å². The van der Waals surface area contributed by atoms with Crippen molar-refractivity contribution in [3.05, 3.63) is 0 Å². The van der Waals surface area contributed by atoms with Crippen molar-refractivity contribution in [2.75, 3.05) is 20.1 Å². The predicted molar refractivity (Wildman–Crippen MR) is 89.5 cm³/mol. The number of carbonyl (C=O) groups excluding carboxylic acids is 1. The molecule has 0 aliphatic carbocycles. The van der Waals surface area contributed by atoms with E-state index in [0.29, 0.717) is 17.9 Å². The van der Waals surface area contributed by atoms with Crippen molar-refractivity contribution in [2.24, 2.45) is 11.8 Å². The summed E-state index contributed by atoms with van der Waals surface area (Å²) in [6.45, 7) is 10.6. The molecule has 1 fully saturated rings. The lowest BCUT2D eigenvalue weighted by Gasteiger charge is -2.35. The van der Waals surface area contributed by atoms with Gasteiger partial charge in [-0.1, -0.05) is 46.5 Å². The van der Waals surface area contributed by atoms with Gasteiger partial charge in [0.2, 0.25) is 0 Å². The van der Waals surface area contributed by atoms with Crippen LogP contribution in [0.1, 0.15) is 59.8 Å². The molecule has 1 rings (SSSR count). The van der Waals surface area contributed by atoms with E-state index in [4.69, 9.17) is 0 Å². The van der Waals surface area contributed by atoms with Gasteiger partial charge < -0.3 is 15.5 Å². The number of urea groups is 1. The first-order valence-corrected chi connectivity index (χ1v) is 8.79. The van der Waals surface area contributed by atoms with E-state index in [1.165, 1.54) is 25.7 Å². The van der Waals surface area contributed by atoms with E-state index in [9.17, 15) is 4.79 Å². The number of amides is 2. The summed E-state index contributed by atoms with van der Waals surface area (Å²) in [5.41, 5.74) is 0. The Hall–Kier alpha value is -0.770. The fraction of sp³-hybridized carbons (Fsp3) is 0.941. The average Bonchev–Trinajstić information content (AvgIpc) is 2.79. The van der Waals surface area contributed by atoms with Gasteiger partial charge in [-0.25, -0.2) is 4.79 Å². The molecule has 1 saturated heterocycles. The quantitative estimate of drug-likeness (QED) is 0.650. The largest absolute Gasteiger partial charge is 0.334 e. The Morgan fingerprint density at radius 1 is 1.29 bits per heavy atom. The lowest BCUT2D eigenvalue weighted by Crippen LogP contribution is -2.45. The van der Waals surface area contributed by atoms with Crippen molar-refractivity contribution in [3.8, 4) is 0 Å². The van der Waals surface area contributed by atoms with E-state index >= 15 is 0 Å². The van der Waals surface area contributed by atoms with Crippen molar-refractivity contribution in [3.63, 3.8) is 0 Å². The molecule has 1 aliphatic rings. The molecular formula is C17H35N3O. The molecule has 4 unspecified atom stereocenters. The van der Waals surface area contributed by atoms with Crippen LogP contribution in [0.2, 0.25) is 0 Å². The first-order valence-electron chi connectivity index (χ1n) is 8.79. The number of hydrogen-bond acceptors (Lipinski definition) is 2. The van der Waals surface area contributed by atoms with E-state index in [1.54, 1.807) is 0 Å². The minimum Gasteiger partial charge on any atom is -0.334 e. The standard InChI is InChI=1S/C17H35N3O/c1-6-9-10-14(7-2)16(18-5)15(8-3)12-20-11-13(4)19-17(20)21/h13-16,18H,6-12H2,1-5H3,(H,19,21). The smallest absolute Gasteiger partial charge is 0.317 e. The highest BCUT2D eigenvalue weighted by molar-refractivity contribution is 5.76. The summed E-state index contributed by atoms with van der Waals surface area (Å²) in [5, 5.41) is 6.55. The van der Waals surface area contributed by atoms with Gasteiger partial charge >= 0.3 is 6.03 Å². The zero-order valence-electron chi connectivity index (χ0n) is 14.6. The van der Waals surface area contributed by atoms with Crippen LogP contribution in [0.4, 0.5) is 4.79 Å². The molecule has 0 aromatic rings. The Kier molecular flexibility index (Phi) is 8.09. The SMILES string of the molecule is CCCCC(CC)C(NC)C(CC)CN1CC(C)NC1=O. The molecule has 4 nitrogen and oxygen atoms in total. The Morgan fingerprint density at radius 3 is 2.38 bits per heavy atom. The number of rotatable bonds is 10. The summed E-state index contributed by atoms with van der Waals surface area (Å²) < 4.78 is 0. The van der Waals surface area contributed by atoms with Gasteiger partial charge in [0, 0.05) is 25.2 Å². The van der Waals surface area contributed by atoms with Crippen LogP contribution in [0.3, 0.4) is 0 Å². The number of unbranched alkanes of at least 4 members (excludes halogenated alkanes) is 1. The Bertz CT molecular complexity index is 308. The fourth-order valence-corrected chi connectivity index (χ4v) is 3.66. The highest BCUT2D eigenvalue weighted by Gasteiger charge is 2.32. The van der Waals surface area contributed by atoms with E-state index in [1.807, 2.05) is 4.90 Å². The fourth-order valence-electron chi connectivity index (χ4n) is 3.66. The molecule has 2 N–H and O–H groups in total. The van der Waals surface area contributed by atoms with E-state index in [2.05, 4.69) is 45.4 Å². The maximum absolute atomic E-state index is 12.0. The summed E-state index contributed by atoms with van der Waals surface area (Å²) in [5.74, 6) is 1.25. The molecule has 0 aromatic heterocycles. The first kappa shape index (κ1) is 18.3. The number of hydrogen-bond donors (Lipinski definition) is 2. The topological polar surface area (TPSA) is 44.4 Å². The van der Waals surface area contributed by atoms with Crippen molar-refractivity contribution in [1.29, 1.82) is 0 Å². The Labute approximate surface area is 131 Å². The third-order valence-electron chi connectivity index (χ3n) is 4.93. The maximum atomic E-state index is 12.0. The molecule has 0 bridgehead atoms. The molecular weight excluding hydrogens is 262 g/mol. The van der Waals surface area contributed by atoms with Gasteiger partial charge in [-0.15, -0.1) is 0 Å². The van der Waals surface area contributed by atoms with E-state index < -0.39 is 0 Å². The molecule has 21 heavy (non-hydrogen) atoms. The van der Waals surface area contributed by atoms with Crippen LogP contribution in [0.25, 0.3) is 0 Å². The predicted octanol–water partition coefficient (Wildman–Crippen LogP) is 3.23. The van der Waals surface area contributed by atoms with E-state index in [0.717, 1.165) is 19.5 Å². The van der Waals surface area contributed by atoms with Crippen LogP contribution in [0.15, 0.2) is 0 Å². The highest BCUT2D eigenvalue weighted by atomic mass is 16.2. The minimum absolute atomic E-state index is 0.109. The van der Waals surface area contributed by atoms with Gasteiger partial charge in [-0.3, -0.25) is 0 Å². The first-order chi connectivity index (χ1) is 10.1. The van der Waals surface area contributed by atoms with Crippen molar-refractivity contribution < 1.29 is 4.79 Å². The van der Waals surface area contributed by atoms with Crippen LogP contribution < -0.4 is 10.6 Å². The Balaban J connectivity index is 2.67. The average molecular weight is 297 g/mol. The summed E-state index contributed by atoms with van der Waals surface area (Å²) in [6.07, 6.45) is 6.18. The lowest BCUT2D eigenvalue weighted by molar-refractivity contribution is 0.177. The molecule has 1 aliphatic heterocycles. The van der Waals surface area contributed by atoms with Gasteiger partial charge in [-0.2, -0.15) is 0 Å². The lowest BCUT2D eigenvalue weighted by atomic mass is 9.82. The number of nitrogens with one attached hydrogen (secondary N) is 2. The normalized spacial score (nSPS) is 23.0. The minimum atomic E-state index is 0.109. The summed E-state index contributed by atoms with van der Waals surface area (Å²) >= 11 is 0. The van der Waals surface area contributed by atoms with Gasteiger partial charge in [-0.05, 0) is 32.2 Å². The molecule has 0 saturated carbocycles. The van der Waals surface area contributed by atoms with Gasteiger partial charge in [0.05, 0.1) is 0 Å². The van der Waals surface area contributed by atoms with Gasteiger partial charge in [0.1, 0.15) is 0 Å². The maximum Gasteiger partial charge on any atom is 0.317 e. The second kappa shape index (κ2) is 9.29. The summed E-state index contributed by atoms with van der Waals surface area (Å²) in [4.78, 5) is 13.9. The molecule has 0 spiro atoms. The monoisotopic (exact) mass is 297 g/mol. The molecule has 2 amide bonds. The highest BCUT2D eigenvalue weighted by Crippen LogP contribution is 2.25. The molecule has 1 heterocycles. The molecule has 4 atom stereocenters. The van der Waals surface area contributed by atoms with Crippen LogP contribution in [-0.2, 0) is 0 Å². The molecule has 0 radical (unpaired) electrons. The summed E-state index contributed by atoms with van der Waals surface area (Å²) in [7, 11) is 2.08. The molecule has 124 valence electrons.